The van der Waals surface area contributed by atoms with Crippen molar-refractivity contribution >= 4 is 18.3 Å². The zero-order valence-corrected chi connectivity index (χ0v) is 11.0. The van der Waals surface area contributed by atoms with Gasteiger partial charge in [-0.2, -0.15) is 0 Å². The molecule has 1 aliphatic heterocycles. The first-order chi connectivity index (χ1) is 7.19. The van der Waals surface area contributed by atoms with E-state index in [0.717, 1.165) is 32.5 Å². The van der Waals surface area contributed by atoms with Gasteiger partial charge in [-0.15, -0.1) is 12.4 Å². The monoisotopic (exact) mass is 250 g/mol. The number of amides is 1. The van der Waals surface area contributed by atoms with Crippen LogP contribution in [0.5, 0.6) is 0 Å². The highest BCUT2D eigenvalue weighted by atomic mass is 35.5. The number of nitrogens with two attached hydrogens (primary N) is 1. The van der Waals surface area contributed by atoms with Gasteiger partial charge in [0.1, 0.15) is 0 Å². The van der Waals surface area contributed by atoms with E-state index in [9.17, 15) is 4.79 Å². The molecule has 0 aromatic rings. The van der Waals surface area contributed by atoms with Crippen LogP contribution in [-0.4, -0.2) is 43.2 Å². The molecule has 1 fully saturated rings. The molecule has 16 heavy (non-hydrogen) atoms. The van der Waals surface area contributed by atoms with E-state index < -0.39 is 0 Å². The van der Waals surface area contributed by atoms with Crippen molar-refractivity contribution in [2.75, 3.05) is 26.2 Å². The Morgan fingerprint density at radius 3 is 2.75 bits per heavy atom. The van der Waals surface area contributed by atoms with Crippen molar-refractivity contribution in [1.29, 1.82) is 0 Å². The summed E-state index contributed by atoms with van der Waals surface area (Å²) in [6, 6.07) is 0. The third-order valence-electron chi connectivity index (χ3n) is 2.92. The molecule has 0 radical (unpaired) electrons. The van der Waals surface area contributed by atoms with E-state index >= 15 is 0 Å². The Hall–Kier alpha value is -0.320. The predicted molar refractivity (Wildman–Crippen MR) is 66.7 cm³/mol. The molecule has 2 N–H and O–H groups in total. The van der Waals surface area contributed by atoms with Gasteiger partial charge >= 0.3 is 0 Å². The molecular weight excluding hydrogens is 228 g/mol. The van der Waals surface area contributed by atoms with Gasteiger partial charge < -0.3 is 15.4 Å². The van der Waals surface area contributed by atoms with Gasteiger partial charge in [0, 0.05) is 32.2 Å². The van der Waals surface area contributed by atoms with Gasteiger partial charge in [0.2, 0.25) is 5.91 Å². The number of hydrogen-bond donors (Lipinski definition) is 1. The molecule has 0 bridgehead atoms. The maximum Gasteiger partial charge on any atom is 0.226 e. The molecule has 2 unspecified atom stereocenters. The zero-order chi connectivity index (χ0) is 11.3. The van der Waals surface area contributed by atoms with E-state index in [1.54, 1.807) is 0 Å². The van der Waals surface area contributed by atoms with Crippen LogP contribution >= 0.6 is 12.4 Å². The van der Waals surface area contributed by atoms with Crippen molar-refractivity contribution in [3.63, 3.8) is 0 Å². The summed E-state index contributed by atoms with van der Waals surface area (Å²) in [7, 11) is 0. The lowest BCUT2D eigenvalue weighted by atomic mass is 10.1. The Morgan fingerprint density at radius 2 is 2.31 bits per heavy atom. The molecule has 1 amide bonds. The lowest BCUT2D eigenvalue weighted by Crippen LogP contribution is -2.41. The quantitative estimate of drug-likeness (QED) is 0.793. The molecule has 0 saturated carbocycles. The standard InChI is InChI=1S/C11H22N2O2.ClH/c1-3-13(11(14)9(2)7-12)8-10-5-4-6-15-10;/h9-10H,3-8,12H2,1-2H3;1H. The van der Waals surface area contributed by atoms with Crippen molar-refractivity contribution in [2.45, 2.75) is 32.8 Å². The number of nitrogens with zero attached hydrogens (tertiary/aromatic N) is 1. The SMILES string of the molecule is CCN(CC1CCCO1)C(=O)C(C)CN.Cl. The van der Waals surface area contributed by atoms with Gasteiger partial charge in [-0.25, -0.2) is 0 Å². The average molecular weight is 251 g/mol. The second-order valence-corrected chi connectivity index (χ2v) is 4.15. The first-order valence-corrected chi connectivity index (χ1v) is 5.79. The van der Waals surface area contributed by atoms with Crippen LogP contribution in [0.3, 0.4) is 0 Å². The molecule has 0 spiro atoms. The molecule has 1 saturated heterocycles. The second-order valence-electron chi connectivity index (χ2n) is 4.15. The fraction of sp³-hybridized carbons (Fsp3) is 0.909. The average Bonchev–Trinajstić information content (AvgIpc) is 2.76. The van der Waals surface area contributed by atoms with Crippen LogP contribution in [0.2, 0.25) is 0 Å². The number of hydrogen-bond acceptors (Lipinski definition) is 3. The number of ether oxygens (including phenoxy) is 1. The molecule has 0 aliphatic carbocycles. The summed E-state index contributed by atoms with van der Waals surface area (Å²) in [5.74, 6) is 0.0712. The minimum absolute atomic E-state index is 0. The lowest BCUT2D eigenvalue weighted by molar-refractivity contribution is -0.136. The zero-order valence-electron chi connectivity index (χ0n) is 10.1. The van der Waals surface area contributed by atoms with Crippen LogP contribution in [0, 0.1) is 5.92 Å². The summed E-state index contributed by atoms with van der Waals surface area (Å²) in [6.45, 7) is 6.59. The Kier molecular flexibility index (Phi) is 7.72. The molecule has 1 heterocycles. The van der Waals surface area contributed by atoms with Crippen molar-refractivity contribution in [1.82, 2.24) is 4.90 Å². The van der Waals surface area contributed by atoms with Crippen LogP contribution in [0.4, 0.5) is 0 Å². The Labute approximate surface area is 104 Å². The Bertz CT molecular complexity index is 208. The minimum Gasteiger partial charge on any atom is -0.376 e. The fourth-order valence-electron chi connectivity index (χ4n) is 1.82. The summed E-state index contributed by atoms with van der Waals surface area (Å²) in [4.78, 5) is 13.7. The van der Waals surface area contributed by atoms with Gasteiger partial charge in [-0.1, -0.05) is 6.92 Å². The van der Waals surface area contributed by atoms with Crippen molar-refractivity contribution in [3.05, 3.63) is 0 Å². The summed E-state index contributed by atoms with van der Waals surface area (Å²) in [5, 5.41) is 0. The van der Waals surface area contributed by atoms with Crippen molar-refractivity contribution in [2.24, 2.45) is 11.7 Å². The van der Waals surface area contributed by atoms with E-state index in [1.807, 2.05) is 18.7 Å². The number of carbonyl (C=O) groups is 1. The molecule has 2 atom stereocenters. The van der Waals surface area contributed by atoms with Crippen LogP contribution in [0.25, 0.3) is 0 Å². The maximum absolute atomic E-state index is 11.9. The molecule has 1 rings (SSSR count). The number of likely N-dealkylation sites (N-methyl/N-ethyl adjacent to an activating group) is 1. The highest BCUT2D eigenvalue weighted by Crippen LogP contribution is 2.14. The number of halogens is 1. The van der Waals surface area contributed by atoms with E-state index in [-0.39, 0.29) is 30.3 Å². The topological polar surface area (TPSA) is 55.6 Å². The summed E-state index contributed by atoms with van der Waals surface area (Å²) >= 11 is 0. The number of carbonyl (C=O) groups excluding carboxylic acids is 1. The van der Waals surface area contributed by atoms with Crippen LogP contribution in [-0.2, 0) is 9.53 Å². The van der Waals surface area contributed by atoms with E-state index in [0.29, 0.717) is 6.54 Å². The third-order valence-corrected chi connectivity index (χ3v) is 2.92. The molecule has 0 aromatic carbocycles. The second kappa shape index (κ2) is 7.87. The number of rotatable bonds is 5. The highest BCUT2D eigenvalue weighted by molar-refractivity contribution is 5.85. The van der Waals surface area contributed by atoms with Crippen LogP contribution in [0.1, 0.15) is 26.7 Å². The van der Waals surface area contributed by atoms with E-state index in [2.05, 4.69) is 0 Å². The van der Waals surface area contributed by atoms with Crippen LogP contribution in [0.15, 0.2) is 0 Å². The van der Waals surface area contributed by atoms with Gasteiger partial charge in [-0.05, 0) is 19.8 Å². The van der Waals surface area contributed by atoms with Gasteiger partial charge in [0.25, 0.3) is 0 Å². The minimum atomic E-state index is -0.0775. The smallest absolute Gasteiger partial charge is 0.226 e. The highest BCUT2D eigenvalue weighted by Gasteiger charge is 2.23. The summed E-state index contributed by atoms with van der Waals surface area (Å²) < 4.78 is 5.52. The Balaban J connectivity index is 0.00000225. The van der Waals surface area contributed by atoms with Gasteiger partial charge in [-0.3, -0.25) is 4.79 Å². The van der Waals surface area contributed by atoms with Gasteiger partial charge in [0.15, 0.2) is 0 Å². The van der Waals surface area contributed by atoms with Gasteiger partial charge in [0.05, 0.1) is 6.10 Å². The first-order valence-electron chi connectivity index (χ1n) is 5.79. The molecular formula is C11H23ClN2O2. The molecule has 96 valence electrons. The van der Waals surface area contributed by atoms with Crippen LogP contribution < -0.4 is 5.73 Å². The lowest BCUT2D eigenvalue weighted by Gasteiger charge is -2.26. The van der Waals surface area contributed by atoms with E-state index in [1.165, 1.54) is 0 Å². The Morgan fingerprint density at radius 1 is 1.62 bits per heavy atom. The van der Waals surface area contributed by atoms with Crippen molar-refractivity contribution in [3.8, 4) is 0 Å². The largest absolute Gasteiger partial charge is 0.376 e. The fourth-order valence-corrected chi connectivity index (χ4v) is 1.82. The third kappa shape index (κ3) is 4.28. The van der Waals surface area contributed by atoms with E-state index in [4.69, 9.17) is 10.5 Å². The maximum atomic E-state index is 11.9. The molecule has 5 heteroatoms. The normalized spacial score (nSPS) is 21.3. The summed E-state index contributed by atoms with van der Waals surface area (Å²) in [6.07, 6.45) is 2.42. The van der Waals surface area contributed by atoms with Crippen molar-refractivity contribution < 1.29 is 9.53 Å². The predicted octanol–water partition coefficient (Wildman–Crippen LogP) is 1.03. The first kappa shape index (κ1) is 15.7. The summed E-state index contributed by atoms with van der Waals surface area (Å²) in [5.41, 5.74) is 5.49. The molecule has 4 nitrogen and oxygen atoms in total. The molecule has 1 aliphatic rings. The molecule has 0 aromatic heterocycles.